The zero-order valence-corrected chi connectivity index (χ0v) is 17.2. The van der Waals surface area contributed by atoms with Crippen molar-refractivity contribution in [2.75, 3.05) is 6.54 Å². The van der Waals surface area contributed by atoms with E-state index in [0.29, 0.717) is 22.3 Å². The SMILES string of the molecule is O=C(C1CCC1)N1CCc2sc(S(=O)(=O)NCc3ccc(Cl)cc3)cc2C1. The molecule has 1 saturated carbocycles. The number of rotatable bonds is 5. The van der Waals surface area contributed by atoms with Crippen LogP contribution in [-0.2, 0) is 34.3 Å². The summed E-state index contributed by atoms with van der Waals surface area (Å²) in [6.45, 7) is 1.42. The van der Waals surface area contributed by atoms with Crippen LogP contribution in [0.2, 0.25) is 5.02 Å². The number of fused-ring (bicyclic) bond motifs is 1. The van der Waals surface area contributed by atoms with E-state index >= 15 is 0 Å². The van der Waals surface area contributed by atoms with Gasteiger partial charge in [-0.25, -0.2) is 13.1 Å². The molecule has 2 aromatic rings. The van der Waals surface area contributed by atoms with Gasteiger partial charge in [0, 0.05) is 35.5 Å². The van der Waals surface area contributed by atoms with Gasteiger partial charge in [-0.05, 0) is 48.6 Å². The molecule has 2 aliphatic rings. The first-order chi connectivity index (χ1) is 12.9. The van der Waals surface area contributed by atoms with E-state index in [2.05, 4.69) is 4.72 Å². The number of amides is 1. The monoisotopic (exact) mass is 424 g/mol. The first-order valence-electron chi connectivity index (χ1n) is 9.07. The van der Waals surface area contributed by atoms with Gasteiger partial charge >= 0.3 is 0 Å². The minimum atomic E-state index is -3.58. The van der Waals surface area contributed by atoms with E-state index in [0.717, 1.165) is 41.7 Å². The molecule has 0 bridgehead atoms. The molecular formula is C19H21ClN2O3S2. The average molecular weight is 425 g/mol. The molecule has 0 spiro atoms. The van der Waals surface area contributed by atoms with Crippen LogP contribution in [0.15, 0.2) is 34.5 Å². The van der Waals surface area contributed by atoms with Crippen LogP contribution in [0.1, 0.15) is 35.3 Å². The van der Waals surface area contributed by atoms with Crippen molar-refractivity contribution in [3.05, 3.63) is 51.4 Å². The van der Waals surface area contributed by atoms with Gasteiger partial charge in [-0.1, -0.05) is 30.2 Å². The molecule has 4 rings (SSSR count). The third-order valence-electron chi connectivity index (χ3n) is 5.25. The Hall–Kier alpha value is -1.41. The molecule has 144 valence electrons. The quantitative estimate of drug-likeness (QED) is 0.797. The van der Waals surface area contributed by atoms with Crippen LogP contribution in [0.4, 0.5) is 0 Å². The van der Waals surface area contributed by atoms with Crippen LogP contribution in [0.3, 0.4) is 0 Å². The summed E-state index contributed by atoms with van der Waals surface area (Å²) in [6, 6.07) is 8.80. The van der Waals surface area contributed by atoms with E-state index in [1.54, 1.807) is 30.3 Å². The number of nitrogens with zero attached hydrogens (tertiary/aromatic N) is 1. The molecule has 8 heteroatoms. The van der Waals surface area contributed by atoms with Crippen molar-refractivity contribution in [2.24, 2.45) is 5.92 Å². The number of halogens is 1. The fraction of sp³-hybridized carbons (Fsp3) is 0.421. The Bertz CT molecular complexity index is 950. The van der Waals surface area contributed by atoms with E-state index in [1.807, 2.05) is 4.90 Å². The van der Waals surface area contributed by atoms with Crippen molar-refractivity contribution in [3.63, 3.8) is 0 Å². The summed E-state index contributed by atoms with van der Waals surface area (Å²) in [6.07, 6.45) is 3.83. The van der Waals surface area contributed by atoms with E-state index in [1.165, 1.54) is 11.3 Å². The summed E-state index contributed by atoms with van der Waals surface area (Å²) in [5, 5.41) is 0.619. The number of hydrogen-bond acceptors (Lipinski definition) is 4. The van der Waals surface area contributed by atoms with Gasteiger partial charge in [0.2, 0.25) is 15.9 Å². The lowest BCUT2D eigenvalue weighted by molar-refractivity contribution is -0.139. The first-order valence-corrected chi connectivity index (χ1v) is 11.7. The number of nitrogens with one attached hydrogen (secondary N) is 1. The van der Waals surface area contributed by atoms with E-state index in [4.69, 9.17) is 11.6 Å². The Labute approximate surface area is 168 Å². The summed E-state index contributed by atoms with van der Waals surface area (Å²) >= 11 is 7.17. The highest BCUT2D eigenvalue weighted by Gasteiger charge is 2.32. The van der Waals surface area contributed by atoms with Gasteiger partial charge in [-0.3, -0.25) is 4.79 Å². The minimum absolute atomic E-state index is 0.175. The lowest BCUT2D eigenvalue weighted by Gasteiger charge is -2.33. The molecule has 1 aliphatic heterocycles. The summed E-state index contributed by atoms with van der Waals surface area (Å²) in [5.74, 6) is 0.401. The number of carbonyl (C=O) groups is 1. The smallest absolute Gasteiger partial charge is 0.250 e. The van der Waals surface area contributed by atoms with Crippen molar-refractivity contribution < 1.29 is 13.2 Å². The highest BCUT2D eigenvalue weighted by Crippen LogP contribution is 2.34. The molecule has 1 aromatic carbocycles. The summed E-state index contributed by atoms with van der Waals surface area (Å²) in [7, 11) is -3.58. The average Bonchev–Trinajstić information content (AvgIpc) is 3.04. The van der Waals surface area contributed by atoms with Crippen LogP contribution in [-0.4, -0.2) is 25.8 Å². The molecule has 5 nitrogen and oxygen atoms in total. The molecule has 0 unspecified atom stereocenters. The van der Waals surface area contributed by atoms with Crippen molar-refractivity contribution in [1.29, 1.82) is 0 Å². The van der Waals surface area contributed by atoms with Crippen LogP contribution in [0.25, 0.3) is 0 Å². The Balaban J connectivity index is 1.44. The molecule has 27 heavy (non-hydrogen) atoms. The van der Waals surface area contributed by atoms with Crippen molar-refractivity contribution >= 4 is 38.9 Å². The maximum atomic E-state index is 12.7. The van der Waals surface area contributed by atoms with Gasteiger partial charge in [0.25, 0.3) is 0 Å². The fourth-order valence-electron chi connectivity index (χ4n) is 3.39. The topological polar surface area (TPSA) is 66.5 Å². The minimum Gasteiger partial charge on any atom is -0.338 e. The summed E-state index contributed by atoms with van der Waals surface area (Å²) < 4.78 is 28.3. The molecule has 1 aromatic heterocycles. The third-order valence-corrected chi connectivity index (χ3v) is 8.62. The van der Waals surface area contributed by atoms with Gasteiger partial charge in [0.1, 0.15) is 4.21 Å². The molecule has 1 aliphatic carbocycles. The van der Waals surface area contributed by atoms with Gasteiger partial charge in [-0.2, -0.15) is 0 Å². The van der Waals surface area contributed by atoms with Crippen LogP contribution in [0, 0.1) is 5.92 Å². The van der Waals surface area contributed by atoms with E-state index in [9.17, 15) is 13.2 Å². The normalized spacial score (nSPS) is 17.4. The van der Waals surface area contributed by atoms with E-state index in [-0.39, 0.29) is 18.4 Å². The number of carbonyl (C=O) groups excluding carboxylic acids is 1. The Morgan fingerprint density at radius 3 is 2.67 bits per heavy atom. The second-order valence-electron chi connectivity index (χ2n) is 7.10. The van der Waals surface area contributed by atoms with Gasteiger partial charge < -0.3 is 4.90 Å². The largest absolute Gasteiger partial charge is 0.338 e. The number of benzene rings is 1. The molecule has 0 atom stereocenters. The Morgan fingerprint density at radius 2 is 2.00 bits per heavy atom. The summed E-state index contributed by atoms with van der Waals surface area (Å²) in [5.41, 5.74) is 1.81. The zero-order valence-electron chi connectivity index (χ0n) is 14.8. The fourth-order valence-corrected chi connectivity index (χ4v) is 6.12. The van der Waals surface area contributed by atoms with Gasteiger partial charge in [0.05, 0.1) is 0 Å². The van der Waals surface area contributed by atoms with Crippen molar-refractivity contribution in [1.82, 2.24) is 9.62 Å². The lowest BCUT2D eigenvalue weighted by atomic mass is 9.84. The molecule has 0 radical (unpaired) electrons. The molecular weight excluding hydrogens is 404 g/mol. The van der Waals surface area contributed by atoms with Crippen LogP contribution in [0.5, 0.6) is 0 Å². The van der Waals surface area contributed by atoms with Gasteiger partial charge in [-0.15, -0.1) is 11.3 Å². The Morgan fingerprint density at radius 1 is 1.26 bits per heavy atom. The standard InChI is InChI=1S/C19H21ClN2O3S2/c20-16-6-4-13(5-7-16)11-21-27(24,25)18-10-15-12-22(9-8-17(15)26-18)19(23)14-2-1-3-14/h4-7,10,14,21H,1-3,8-9,11-12H2. The molecule has 1 amide bonds. The summed E-state index contributed by atoms with van der Waals surface area (Å²) in [4.78, 5) is 15.4. The predicted molar refractivity (Wildman–Crippen MR) is 106 cm³/mol. The second-order valence-corrected chi connectivity index (χ2v) is 10.7. The lowest BCUT2D eigenvalue weighted by Crippen LogP contribution is -2.41. The molecule has 1 fully saturated rings. The number of thiophene rings is 1. The highest BCUT2D eigenvalue weighted by atomic mass is 35.5. The van der Waals surface area contributed by atoms with Crippen LogP contribution >= 0.6 is 22.9 Å². The zero-order chi connectivity index (χ0) is 19.0. The maximum absolute atomic E-state index is 12.7. The third kappa shape index (κ3) is 4.06. The highest BCUT2D eigenvalue weighted by molar-refractivity contribution is 7.91. The number of sulfonamides is 1. The van der Waals surface area contributed by atoms with Gasteiger partial charge in [0.15, 0.2) is 0 Å². The Kier molecular flexibility index (Phi) is 5.29. The second kappa shape index (κ2) is 7.54. The van der Waals surface area contributed by atoms with Crippen LogP contribution < -0.4 is 4.72 Å². The maximum Gasteiger partial charge on any atom is 0.250 e. The predicted octanol–water partition coefficient (Wildman–Crippen LogP) is 3.56. The molecule has 0 saturated heterocycles. The number of hydrogen-bond donors (Lipinski definition) is 1. The molecule has 2 heterocycles. The van der Waals surface area contributed by atoms with Crippen molar-refractivity contribution in [2.45, 2.75) is 43.0 Å². The first kappa shape index (κ1) is 18.9. The molecule has 1 N–H and O–H groups in total. The van der Waals surface area contributed by atoms with E-state index < -0.39 is 10.0 Å². The van der Waals surface area contributed by atoms with Crippen molar-refractivity contribution in [3.8, 4) is 0 Å².